The minimum atomic E-state index is -3.41. The number of carboxylic acids is 1. The Bertz CT molecular complexity index is 662. The topological polar surface area (TPSA) is 87.6 Å². The molecule has 0 saturated heterocycles. The Labute approximate surface area is 124 Å². The van der Waals surface area contributed by atoms with Crippen LogP contribution in [0.15, 0.2) is 12.3 Å². The van der Waals surface area contributed by atoms with Gasteiger partial charge in [0.2, 0.25) is 10.0 Å². The van der Waals surface area contributed by atoms with E-state index in [1.165, 1.54) is 10.5 Å². The van der Waals surface area contributed by atoms with Crippen LogP contribution in [-0.4, -0.2) is 41.1 Å². The maximum Gasteiger partial charge on any atom is 0.354 e. The SMILES string of the molecule is CC(C)(C)CS(=O)(=O)N1CCc2ccnc(C(=O)O)c2C1. The molecule has 116 valence electrons. The highest BCUT2D eigenvalue weighted by Crippen LogP contribution is 2.26. The zero-order valence-electron chi connectivity index (χ0n) is 12.5. The number of aromatic carboxylic acids is 1. The van der Waals surface area contributed by atoms with Gasteiger partial charge in [0.1, 0.15) is 0 Å². The molecule has 2 rings (SSSR count). The van der Waals surface area contributed by atoms with Crippen molar-refractivity contribution in [3.63, 3.8) is 0 Å². The number of nitrogens with zero attached hydrogens (tertiary/aromatic N) is 2. The summed E-state index contributed by atoms with van der Waals surface area (Å²) in [5, 5.41) is 9.19. The third-order valence-corrected chi connectivity index (χ3v) is 5.66. The Kier molecular flexibility index (Phi) is 4.08. The second-order valence-corrected chi connectivity index (χ2v) is 8.47. The first-order chi connectivity index (χ1) is 9.60. The molecule has 0 aromatic carbocycles. The molecule has 0 aliphatic carbocycles. The quantitative estimate of drug-likeness (QED) is 0.914. The maximum atomic E-state index is 12.5. The first-order valence-electron chi connectivity index (χ1n) is 6.78. The lowest BCUT2D eigenvalue weighted by Gasteiger charge is -2.31. The molecule has 1 N–H and O–H groups in total. The van der Waals surface area contributed by atoms with Gasteiger partial charge in [-0.15, -0.1) is 0 Å². The normalized spacial score (nSPS) is 16.5. The van der Waals surface area contributed by atoms with Gasteiger partial charge in [-0.1, -0.05) is 20.8 Å². The second kappa shape index (κ2) is 5.38. The minimum Gasteiger partial charge on any atom is -0.477 e. The Morgan fingerprint density at radius 3 is 2.67 bits per heavy atom. The lowest BCUT2D eigenvalue weighted by Crippen LogP contribution is -2.40. The Morgan fingerprint density at radius 2 is 2.10 bits per heavy atom. The molecule has 7 heteroatoms. The number of aromatic nitrogens is 1. The zero-order chi connectivity index (χ0) is 15.8. The van der Waals surface area contributed by atoms with E-state index >= 15 is 0 Å². The van der Waals surface area contributed by atoms with E-state index in [1.807, 2.05) is 20.8 Å². The highest BCUT2D eigenvalue weighted by molar-refractivity contribution is 7.89. The molecule has 2 heterocycles. The van der Waals surface area contributed by atoms with Gasteiger partial charge in [-0.25, -0.2) is 18.2 Å². The van der Waals surface area contributed by atoms with Gasteiger partial charge >= 0.3 is 5.97 Å². The van der Waals surface area contributed by atoms with Crippen LogP contribution in [0.2, 0.25) is 0 Å². The molecule has 0 unspecified atom stereocenters. The van der Waals surface area contributed by atoms with Gasteiger partial charge in [-0.2, -0.15) is 4.31 Å². The van der Waals surface area contributed by atoms with Crippen LogP contribution in [0.5, 0.6) is 0 Å². The number of fused-ring (bicyclic) bond motifs is 1. The van der Waals surface area contributed by atoms with Crippen molar-refractivity contribution >= 4 is 16.0 Å². The predicted molar refractivity (Wildman–Crippen MR) is 78.6 cm³/mol. The van der Waals surface area contributed by atoms with E-state index in [-0.39, 0.29) is 23.4 Å². The minimum absolute atomic E-state index is 0.0397. The maximum absolute atomic E-state index is 12.5. The first kappa shape index (κ1) is 15.9. The van der Waals surface area contributed by atoms with Crippen LogP contribution < -0.4 is 0 Å². The lowest BCUT2D eigenvalue weighted by molar-refractivity contribution is 0.0687. The third-order valence-electron chi connectivity index (χ3n) is 3.33. The largest absolute Gasteiger partial charge is 0.477 e. The molecule has 1 aromatic heterocycles. The Hall–Kier alpha value is -1.47. The van der Waals surface area contributed by atoms with Crippen LogP contribution in [0.1, 0.15) is 42.4 Å². The number of carboxylic acid groups (broad SMARTS) is 1. The van der Waals surface area contributed by atoms with Crippen molar-refractivity contribution in [3.8, 4) is 0 Å². The van der Waals surface area contributed by atoms with Crippen LogP contribution >= 0.6 is 0 Å². The summed E-state index contributed by atoms with van der Waals surface area (Å²) in [7, 11) is -3.41. The number of hydrogen-bond donors (Lipinski definition) is 1. The van der Waals surface area contributed by atoms with Crippen LogP contribution in [0.3, 0.4) is 0 Å². The fraction of sp³-hybridized carbons (Fsp3) is 0.571. The summed E-state index contributed by atoms with van der Waals surface area (Å²) in [5.74, 6) is -1.08. The van der Waals surface area contributed by atoms with E-state index in [2.05, 4.69) is 4.98 Å². The number of pyridine rings is 1. The van der Waals surface area contributed by atoms with Gasteiger partial charge in [0.25, 0.3) is 0 Å². The summed E-state index contributed by atoms with van der Waals surface area (Å²) < 4.78 is 26.3. The highest BCUT2D eigenvalue weighted by Gasteiger charge is 2.32. The first-order valence-corrected chi connectivity index (χ1v) is 8.39. The summed E-state index contributed by atoms with van der Waals surface area (Å²) in [6, 6.07) is 1.76. The van der Waals surface area contributed by atoms with Gasteiger partial charge in [-0.3, -0.25) is 0 Å². The molecular formula is C14H20N2O4S. The average Bonchev–Trinajstić information content (AvgIpc) is 2.34. The summed E-state index contributed by atoms with van der Waals surface area (Å²) in [6.45, 7) is 6.07. The smallest absolute Gasteiger partial charge is 0.354 e. The van der Waals surface area contributed by atoms with Crippen LogP contribution in [0.25, 0.3) is 0 Å². The van der Waals surface area contributed by atoms with Crippen molar-refractivity contribution in [2.75, 3.05) is 12.3 Å². The van der Waals surface area contributed by atoms with Gasteiger partial charge in [0.05, 0.1) is 5.75 Å². The molecule has 6 nitrogen and oxygen atoms in total. The summed E-state index contributed by atoms with van der Waals surface area (Å²) in [4.78, 5) is 15.1. The average molecular weight is 312 g/mol. The van der Waals surface area contributed by atoms with Crippen molar-refractivity contribution in [2.24, 2.45) is 5.41 Å². The van der Waals surface area contributed by atoms with Crippen molar-refractivity contribution in [1.29, 1.82) is 0 Å². The highest BCUT2D eigenvalue weighted by atomic mass is 32.2. The van der Waals surface area contributed by atoms with E-state index in [0.29, 0.717) is 18.5 Å². The molecule has 0 atom stereocenters. The second-order valence-electron chi connectivity index (χ2n) is 6.50. The van der Waals surface area contributed by atoms with Gasteiger partial charge in [0, 0.05) is 24.8 Å². The third kappa shape index (κ3) is 3.59. The van der Waals surface area contributed by atoms with E-state index in [0.717, 1.165) is 5.56 Å². The van der Waals surface area contributed by atoms with E-state index < -0.39 is 16.0 Å². The van der Waals surface area contributed by atoms with Gasteiger partial charge in [-0.05, 0) is 23.5 Å². The van der Waals surface area contributed by atoms with Gasteiger partial charge in [0.15, 0.2) is 5.69 Å². The molecular weight excluding hydrogens is 292 g/mol. The van der Waals surface area contributed by atoms with Crippen molar-refractivity contribution in [3.05, 3.63) is 29.1 Å². The standard InChI is InChI=1S/C14H20N2O4S/c1-14(2,3)9-21(19,20)16-7-5-10-4-6-15-12(13(17)18)11(10)8-16/h4,6H,5,7-9H2,1-3H3,(H,17,18). The molecule has 1 aliphatic rings. The van der Waals surface area contributed by atoms with Crippen molar-refractivity contribution < 1.29 is 18.3 Å². The fourth-order valence-corrected chi connectivity index (χ4v) is 4.48. The lowest BCUT2D eigenvalue weighted by atomic mass is 10.0. The molecule has 1 aromatic rings. The molecule has 0 bridgehead atoms. The van der Waals surface area contributed by atoms with Crippen LogP contribution in [0, 0.1) is 5.41 Å². The number of carbonyl (C=O) groups is 1. The predicted octanol–water partition coefficient (Wildman–Crippen LogP) is 1.51. The van der Waals surface area contributed by atoms with Crippen molar-refractivity contribution in [2.45, 2.75) is 33.7 Å². The Balaban J connectivity index is 2.33. The van der Waals surface area contributed by atoms with E-state index in [4.69, 9.17) is 0 Å². The summed E-state index contributed by atoms with van der Waals surface area (Å²) in [6.07, 6.45) is 1.98. The fourth-order valence-electron chi connectivity index (χ4n) is 2.50. The Morgan fingerprint density at radius 1 is 1.43 bits per heavy atom. The number of sulfonamides is 1. The summed E-state index contributed by atoms with van der Waals surface area (Å²) >= 11 is 0. The van der Waals surface area contributed by atoms with Crippen LogP contribution in [0.4, 0.5) is 0 Å². The van der Waals surface area contributed by atoms with E-state index in [1.54, 1.807) is 6.07 Å². The molecule has 0 radical (unpaired) electrons. The molecule has 1 aliphatic heterocycles. The monoisotopic (exact) mass is 312 g/mol. The summed E-state index contributed by atoms with van der Waals surface area (Å²) in [5.41, 5.74) is 0.977. The molecule has 21 heavy (non-hydrogen) atoms. The van der Waals surface area contributed by atoms with Crippen LogP contribution in [-0.2, 0) is 23.0 Å². The molecule has 0 amide bonds. The van der Waals surface area contributed by atoms with E-state index in [9.17, 15) is 18.3 Å². The van der Waals surface area contributed by atoms with Gasteiger partial charge < -0.3 is 5.11 Å². The molecule has 0 spiro atoms. The zero-order valence-corrected chi connectivity index (χ0v) is 13.3. The number of rotatable bonds is 3. The molecule has 0 fully saturated rings. The molecule has 0 saturated carbocycles. The number of hydrogen-bond acceptors (Lipinski definition) is 4. The van der Waals surface area contributed by atoms with Crippen molar-refractivity contribution in [1.82, 2.24) is 9.29 Å².